The highest BCUT2D eigenvalue weighted by atomic mass is 16.3. The van der Waals surface area contributed by atoms with Crippen LogP contribution < -0.4 is 0 Å². The van der Waals surface area contributed by atoms with Gasteiger partial charge in [-0.05, 0) is 48.5 Å². The second-order valence-corrected chi connectivity index (χ2v) is 7.80. The van der Waals surface area contributed by atoms with E-state index in [0.717, 1.165) is 49.6 Å². The molecule has 0 radical (unpaired) electrons. The molecular formula is C27H16N4O. The molecule has 0 saturated carbocycles. The maximum Gasteiger partial charge on any atom is 0.162 e. The van der Waals surface area contributed by atoms with Gasteiger partial charge in [-0.2, -0.15) is 0 Å². The summed E-state index contributed by atoms with van der Waals surface area (Å²) in [5.74, 6) is 0.664. The summed E-state index contributed by atoms with van der Waals surface area (Å²) >= 11 is 0. The van der Waals surface area contributed by atoms with E-state index in [4.69, 9.17) is 4.42 Å². The fourth-order valence-corrected chi connectivity index (χ4v) is 4.69. The molecule has 0 aliphatic carbocycles. The summed E-state index contributed by atoms with van der Waals surface area (Å²) in [5.41, 5.74) is 6.12. The summed E-state index contributed by atoms with van der Waals surface area (Å²) in [6, 6.07) is 29.3. The van der Waals surface area contributed by atoms with Crippen molar-refractivity contribution in [1.29, 1.82) is 0 Å². The smallest absolute Gasteiger partial charge is 0.162 e. The molecule has 0 atom stereocenters. The molecule has 0 spiro atoms. The molecule has 3 heterocycles. The maximum absolute atomic E-state index is 6.20. The van der Waals surface area contributed by atoms with Crippen molar-refractivity contribution in [2.45, 2.75) is 0 Å². The van der Waals surface area contributed by atoms with Crippen molar-refractivity contribution in [1.82, 2.24) is 19.5 Å². The number of benzene rings is 4. The number of nitrogens with zero attached hydrogens (tertiary/aromatic N) is 4. The van der Waals surface area contributed by atoms with Crippen LogP contribution in [0, 0.1) is 0 Å². The van der Waals surface area contributed by atoms with Crippen LogP contribution in [0.25, 0.3) is 60.8 Å². The van der Waals surface area contributed by atoms with Gasteiger partial charge in [0.2, 0.25) is 0 Å². The molecule has 3 aromatic heterocycles. The topological polar surface area (TPSA) is 56.7 Å². The highest BCUT2D eigenvalue weighted by Crippen LogP contribution is 2.41. The Balaban J connectivity index is 1.69. The monoisotopic (exact) mass is 412 g/mol. The van der Waals surface area contributed by atoms with Gasteiger partial charge in [-0.15, -0.1) is 0 Å². The second-order valence-electron chi connectivity index (χ2n) is 7.80. The Morgan fingerprint density at radius 2 is 1.47 bits per heavy atom. The van der Waals surface area contributed by atoms with E-state index in [-0.39, 0.29) is 0 Å². The molecule has 7 aromatic rings. The summed E-state index contributed by atoms with van der Waals surface area (Å²) in [6.45, 7) is 0. The quantitative estimate of drug-likeness (QED) is 0.324. The molecule has 0 aliphatic rings. The average Bonchev–Trinajstić information content (AvgIpc) is 3.40. The molecule has 0 unspecified atom stereocenters. The van der Waals surface area contributed by atoms with Crippen molar-refractivity contribution in [2.75, 3.05) is 0 Å². The number of furan rings is 1. The first-order valence-electron chi connectivity index (χ1n) is 10.4. The van der Waals surface area contributed by atoms with Crippen LogP contribution in [-0.4, -0.2) is 19.5 Å². The third-order valence-corrected chi connectivity index (χ3v) is 6.03. The average molecular weight is 412 g/mol. The van der Waals surface area contributed by atoms with Crippen molar-refractivity contribution in [2.24, 2.45) is 0 Å². The van der Waals surface area contributed by atoms with Gasteiger partial charge in [0.1, 0.15) is 23.8 Å². The minimum Gasteiger partial charge on any atom is -0.456 e. The molecule has 5 nitrogen and oxygen atoms in total. The van der Waals surface area contributed by atoms with Gasteiger partial charge >= 0.3 is 0 Å². The molecule has 0 bridgehead atoms. The number of aromatic nitrogens is 4. The molecule has 150 valence electrons. The Morgan fingerprint density at radius 1 is 0.656 bits per heavy atom. The van der Waals surface area contributed by atoms with E-state index in [9.17, 15) is 0 Å². The summed E-state index contributed by atoms with van der Waals surface area (Å²) in [6.07, 6.45) is 3.06. The van der Waals surface area contributed by atoms with Gasteiger partial charge in [0, 0.05) is 27.4 Å². The van der Waals surface area contributed by atoms with Crippen LogP contribution >= 0.6 is 0 Å². The zero-order valence-electron chi connectivity index (χ0n) is 16.9. The number of rotatable bonds is 2. The van der Waals surface area contributed by atoms with Crippen molar-refractivity contribution < 1.29 is 4.42 Å². The van der Waals surface area contributed by atoms with Crippen molar-refractivity contribution in [3.05, 3.63) is 97.6 Å². The van der Waals surface area contributed by atoms with Gasteiger partial charge in [0.25, 0.3) is 0 Å². The first-order chi connectivity index (χ1) is 15.9. The van der Waals surface area contributed by atoms with Gasteiger partial charge < -0.3 is 8.98 Å². The Hall–Kier alpha value is -4.51. The fourth-order valence-electron chi connectivity index (χ4n) is 4.69. The minimum atomic E-state index is 0.664. The van der Waals surface area contributed by atoms with E-state index < -0.39 is 0 Å². The first-order valence-corrected chi connectivity index (χ1v) is 10.4. The van der Waals surface area contributed by atoms with Gasteiger partial charge in [0.05, 0.1) is 16.4 Å². The number of hydrogen-bond donors (Lipinski definition) is 0. The number of hydrogen-bond acceptors (Lipinski definition) is 4. The molecule has 0 amide bonds. The summed E-state index contributed by atoms with van der Waals surface area (Å²) in [5, 5.41) is 4.55. The maximum atomic E-state index is 6.20. The zero-order chi connectivity index (χ0) is 21.1. The van der Waals surface area contributed by atoms with Crippen molar-refractivity contribution in [3.63, 3.8) is 0 Å². The van der Waals surface area contributed by atoms with E-state index in [1.54, 1.807) is 0 Å². The molecule has 0 saturated heterocycles. The normalized spacial score (nSPS) is 11.8. The van der Waals surface area contributed by atoms with Gasteiger partial charge in [-0.25, -0.2) is 15.0 Å². The van der Waals surface area contributed by atoms with Crippen LogP contribution in [-0.2, 0) is 0 Å². The van der Waals surface area contributed by atoms with Crippen LogP contribution in [0.3, 0.4) is 0 Å². The largest absolute Gasteiger partial charge is 0.456 e. The predicted molar refractivity (Wildman–Crippen MR) is 127 cm³/mol. The highest BCUT2D eigenvalue weighted by Gasteiger charge is 2.19. The van der Waals surface area contributed by atoms with Crippen LogP contribution in [0.15, 0.2) is 102 Å². The lowest BCUT2D eigenvalue weighted by Crippen LogP contribution is -1.94. The Morgan fingerprint density at radius 3 is 2.34 bits per heavy atom. The van der Waals surface area contributed by atoms with E-state index in [2.05, 4.69) is 86.2 Å². The van der Waals surface area contributed by atoms with Crippen LogP contribution in [0.5, 0.6) is 0 Å². The summed E-state index contributed by atoms with van der Waals surface area (Å²) in [7, 11) is 0. The molecule has 5 heteroatoms. The molecule has 0 fully saturated rings. The first kappa shape index (κ1) is 17.2. The fraction of sp³-hybridized carbons (Fsp3) is 0. The van der Waals surface area contributed by atoms with Gasteiger partial charge in [-0.1, -0.05) is 36.4 Å². The molecular weight excluding hydrogens is 396 g/mol. The second kappa shape index (κ2) is 6.49. The summed E-state index contributed by atoms with van der Waals surface area (Å²) in [4.78, 5) is 12.6. The van der Waals surface area contributed by atoms with E-state index in [1.165, 1.54) is 18.0 Å². The highest BCUT2D eigenvalue weighted by molar-refractivity contribution is 6.24. The Bertz CT molecular complexity index is 1770. The molecule has 0 aliphatic heterocycles. The van der Waals surface area contributed by atoms with E-state index >= 15 is 0 Å². The molecule has 4 aromatic carbocycles. The third kappa shape index (κ3) is 2.36. The molecule has 32 heavy (non-hydrogen) atoms. The summed E-state index contributed by atoms with van der Waals surface area (Å²) < 4.78 is 8.53. The lowest BCUT2D eigenvalue weighted by atomic mass is 10.1. The lowest BCUT2D eigenvalue weighted by Gasteiger charge is -2.08. The van der Waals surface area contributed by atoms with Crippen LogP contribution in [0.1, 0.15) is 0 Å². The minimum absolute atomic E-state index is 0.664. The van der Waals surface area contributed by atoms with Crippen molar-refractivity contribution in [3.8, 4) is 17.1 Å². The number of para-hydroxylation sites is 2. The van der Waals surface area contributed by atoms with E-state index in [0.29, 0.717) is 5.82 Å². The zero-order valence-corrected chi connectivity index (χ0v) is 16.9. The number of fused-ring (bicyclic) bond motifs is 7. The predicted octanol–water partition coefficient (Wildman–Crippen LogP) is 6.54. The van der Waals surface area contributed by atoms with E-state index in [1.807, 2.05) is 18.2 Å². The van der Waals surface area contributed by atoms with Crippen LogP contribution in [0.4, 0.5) is 0 Å². The van der Waals surface area contributed by atoms with Crippen LogP contribution in [0.2, 0.25) is 0 Å². The SMILES string of the molecule is c1ccc(-n2c3ccc(-c4ncncn4)cc3c3ccc4oc5ccccc5c4c32)cc1. The van der Waals surface area contributed by atoms with Gasteiger partial charge in [0.15, 0.2) is 5.82 Å². The Labute approximate surface area is 182 Å². The van der Waals surface area contributed by atoms with Gasteiger partial charge in [-0.3, -0.25) is 0 Å². The molecule has 0 N–H and O–H groups in total. The van der Waals surface area contributed by atoms with Crippen molar-refractivity contribution >= 4 is 43.7 Å². The standard InChI is InChI=1S/C27H16N4O/c1-2-6-18(7-3-1)31-22-12-10-17(27-29-15-28-16-30-27)14-21(22)19-11-13-24-25(26(19)31)20-8-4-5-9-23(20)32-24/h1-16H. The molecule has 7 rings (SSSR count). The lowest BCUT2D eigenvalue weighted by molar-refractivity contribution is 0.669. The third-order valence-electron chi connectivity index (χ3n) is 6.03. The Kier molecular flexibility index (Phi) is 3.49.